The zero-order valence-corrected chi connectivity index (χ0v) is 17.7. The minimum absolute atomic E-state index is 0.0913. The number of ether oxygens (including phenoxy) is 1. The van der Waals surface area contributed by atoms with E-state index < -0.39 is 0 Å². The van der Waals surface area contributed by atoms with Gasteiger partial charge in [0.2, 0.25) is 0 Å². The molecule has 1 saturated heterocycles. The third kappa shape index (κ3) is 4.40. The van der Waals surface area contributed by atoms with E-state index in [2.05, 4.69) is 34.5 Å². The van der Waals surface area contributed by atoms with Crippen LogP contribution in [0.4, 0.5) is 0 Å². The van der Waals surface area contributed by atoms with Crippen LogP contribution in [0.5, 0.6) is 0 Å². The van der Waals surface area contributed by atoms with Gasteiger partial charge in [0.1, 0.15) is 0 Å². The number of carbonyl (C=O) groups excluding carboxylic acids is 1. The quantitative estimate of drug-likeness (QED) is 0.671. The summed E-state index contributed by atoms with van der Waals surface area (Å²) < 4.78 is 7.38. The first kappa shape index (κ1) is 20.0. The van der Waals surface area contributed by atoms with Crippen molar-refractivity contribution in [3.05, 3.63) is 82.7 Å². The second-order valence-electron chi connectivity index (χ2n) is 8.27. The van der Waals surface area contributed by atoms with Crippen molar-refractivity contribution in [3.8, 4) is 5.69 Å². The van der Waals surface area contributed by atoms with Gasteiger partial charge in [-0.25, -0.2) is 4.68 Å². The summed E-state index contributed by atoms with van der Waals surface area (Å²) >= 11 is 0. The highest BCUT2D eigenvalue weighted by atomic mass is 16.5. The molecule has 6 heteroatoms. The van der Waals surface area contributed by atoms with Gasteiger partial charge in [-0.1, -0.05) is 42.5 Å². The summed E-state index contributed by atoms with van der Waals surface area (Å²) in [5.41, 5.74) is 6.23. The molecule has 1 aromatic heterocycles. The van der Waals surface area contributed by atoms with Crippen LogP contribution < -0.4 is 5.32 Å². The predicted octanol–water partition coefficient (Wildman–Crippen LogP) is 3.12. The number of fused-ring (bicyclic) bond motifs is 1. The van der Waals surface area contributed by atoms with E-state index >= 15 is 0 Å². The topological polar surface area (TPSA) is 59.4 Å². The Hall–Kier alpha value is -2.96. The van der Waals surface area contributed by atoms with Crippen molar-refractivity contribution in [1.82, 2.24) is 20.0 Å². The van der Waals surface area contributed by atoms with E-state index in [0.29, 0.717) is 12.2 Å². The van der Waals surface area contributed by atoms with Crippen molar-refractivity contribution in [2.75, 3.05) is 26.3 Å². The predicted molar refractivity (Wildman–Crippen MR) is 119 cm³/mol. The number of para-hydroxylation sites is 1. The van der Waals surface area contributed by atoms with Gasteiger partial charge in [0.05, 0.1) is 18.9 Å². The first-order valence-electron chi connectivity index (χ1n) is 11.1. The van der Waals surface area contributed by atoms with E-state index in [1.54, 1.807) is 0 Å². The van der Waals surface area contributed by atoms with Crippen LogP contribution in [0.25, 0.3) is 5.69 Å². The number of nitrogens with zero attached hydrogens (tertiary/aromatic N) is 3. The first-order valence-corrected chi connectivity index (χ1v) is 11.1. The lowest BCUT2D eigenvalue weighted by molar-refractivity contribution is 0.0342. The molecule has 5 rings (SSSR count). The van der Waals surface area contributed by atoms with Crippen LogP contribution in [0.3, 0.4) is 0 Å². The molecule has 160 valence electrons. The molecule has 31 heavy (non-hydrogen) atoms. The maximum absolute atomic E-state index is 13.0. The maximum atomic E-state index is 13.0. The van der Waals surface area contributed by atoms with Crippen LogP contribution in [0.15, 0.2) is 54.6 Å². The normalized spacial score (nSPS) is 16.3. The molecule has 2 aliphatic rings. The SMILES string of the molecule is O=C(NCc1cccc(CN2CCOCC2)c1)c1nn(-c2ccccc2)c2c1CCC2. The van der Waals surface area contributed by atoms with Crippen LogP contribution >= 0.6 is 0 Å². The number of morpholine rings is 1. The Morgan fingerprint density at radius 2 is 1.81 bits per heavy atom. The Balaban J connectivity index is 1.28. The highest BCUT2D eigenvalue weighted by molar-refractivity contribution is 5.94. The van der Waals surface area contributed by atoms with Crippen molar-refractivity contribution in [1.29, 1.82) is 0 Å². The van der Waals surface area contributed by atoms with E-state index in [0.717, 1.165) is 68.9 Å². The molecule has 0 radical (unpaired) electrons. The number of carbonyl (C=O) groups is 1. The van der Waals surface area contributed by atoms with Gasteiger partial charge in [0.25, 0.3) is 5.91 Å². The molecule has 0 spiro atoms. The lowest BCUT2D eigenvalue weighted by Crippen LogP contribution is -2.35. The number of hydrogen-bond donors (Lipinski definition) is 1. The molecule has 2 heterocycles. The minimum Gasteiger partial charge on any atom is -0.379 e. The van der Waals surface area contributed by atoms with Crippen LogP contribution in [0.1, 0.15) is 39.3 Å². The summed E-state index contributed by atoms with van der Waals surface area (Å²) in [4.78, 5) is 15.4. The third-order valence-corrected chi connectivity index (χ3v) is 6.10. The van der Waals surface area contributed by atoms with E-state index in [9.17, 15) is 4.79 Å². The molecule has 1 aliphatic heterocycles. The first-order chi connectivity index (χ1) is 15.3. The smallest absolute Gasteiger partial charge is 0.272 e. The largest absolute Gasteiger partial charge is 0.379 e. The third-order valence-electron chi connectivity index (χ3n) is 6.10. The van der Waals surface area contributed by atoms with Crippen molar-refractivity contribution < 1.29 is 9.53 Å². The molecule has 6 nitrogen and oxygen atoms in total. The second-order valence-corrected chi connectivity index (χ2v) is 8.27. The molecule has 1 N–H and O–H groups in total. The van der Waals surface area contributed by atoms with Crippen molar-refractivity contribution >= 4 is 5.91 Å². The summed E-state index contributed by atoms with van der Waals surface area (Å²) in [5, 5.41) is 7.79. The van der Waals surface area contributed by atoms with E-state index in [1.807, 2.05) is 35.0 Å². The highest BCUT2D eigenvalue weighted by Gasteiger charge is 2.26. The molecule has 1 amide bonds. The van der Waals surface area contributed by atoms with Crippen LogP contribution in [-0.4, -0.2) is 46.9 Å². The van der Waals surface area contributed by atoms with Gasteiger partial charge in [0.15, 0.2) is 5.69 Å². The number of rotatable bonds is 6. The molecule has 0 atom stereocenters. The molecule has 0 bridgehead atoms. The van der Waals surface area contributed by atoms with Crippen molar-refractivity contribution in [2.45, 2.75) is 32.4 Å². The Labute approximate surface area is 182 Å². The fourth-order valence-corrected chi connectivity index (χ4v) is 4.52. The molecule has 1 fully saturated rings. The summed E-state index contributed by atoms with van der Waals surface area (Å²) in [5.74, 6) is -0.0913. The fraction of sp³-hybridized carbons (Fsp3) is 0.360. The zero-order valence-electron chi connectivity index (χ0n) is 17.7. The average Bonchev–Trinajstić information content (AvgIpc) is 3.42. The molecule has 1 aliphatic carbocycles. The molecular formula is C25H28N4O2. The lowest BCUT2D eigenvalue weighted by Gasteiger charge is -2.26. The Morgan fingerprint density at radius 1 is 1.00 bits per heavy atom. The van der Waals surface area contributed by atoms with Gasteiger partial charge in [-0.3, -0.25) is 9.69 Å². The van der Waals surface area contributed by atoms with E-state index in [-0.39, 0.29) is 5.91 Å². The molecule has 2 aromatic carbocycles. The monoisotopic (exact) mass is 416 g/mol. The van der Waals surface area contributed by atoms with E-state index in [4.69, 9.17) is 9.84 Å². The van der Waals surface area contributed by atoms with Crippen LogP contribution in [0.2, 0.25) is 0 Å². The lowest BCUT2D eigenvalue weighted by atomic mass is 10.1. The number of amides is 1. The number of benzene rings is 2. The molecule has 0 saturated carbocycles. The van der Waals surface area contributed by atoms with Gasteiger partial charge < -0.3 is 10.1 Å². The number of hydrogen-bond acceptors (Lipinski definition) is 4. The average molecular weight is 417 g/mol. The second kappa shape index (κ2) is 9.04. The molecule has 0 unspecified atom stereocenters. The fourth-order valence-electron chi connectivity index (χ4n) is 4.52. The Kier molecular flexibility index (Phi) is 5.82. The summed E-state index contributed by atoms with van der Waals surface area (Å²) in [6, 6.07) is 18.5. The maximum Gasteiger partial charge on any atom is 0.272 e. The highest BCUT2D eigenvalue weighted by Crippen LogP contribution is 2.27. The van der Waals surface area contributed by atoms with Crippen molar-refractivity contribution in [2.24, 2.45) is 0 Å². The van der Waals surface area contributed by atoms with E-state index in [1.165, 1.54) is 11.3 Å². The van der Waals surface area contributed by atoms with Crippen LogP contribution in [0, 0.1) is 0 Å². The van der Waals surface area contributed by atoms with Crippen molar-refractivity contribution in [3.63, 3.8) is 0 Å². The minimum atomic E-state index is -0.0913. The standard InChI is InChI=1S/C25H28N4O2/c30-25(24-22-10-5-11-23(22)29(27-24)21-8-2-1-3-9-21)26-17-19-6-4-7-20(16-19)18-28-12-14-31-15-13-28/h1-4,6-9,16H,5,10-15,17-18H2,(H,26,30). The van der Waals surface area contributed by atoms with Gasteiger partial charge in [-0.15, -0.1) is 0 Å². The molecular weight excluding hydrogens is 388 g/mol. The van der Waals surface area contributed by atoms with Gasteiger partial charge in [-0.2, -0.15) is 5.10 Å². The van der Waals surface area contributed by atoms with Crippen LogP contribution in [-0.2, 0) is 30.7 Å². The number of nitrogens with one attached hydrogen (secondary N) is 1. The molecule has 3 aromatic rings. The summed E-state index contributed by atoms with van der Waals surface area (Å²) in [7, 11) is 0. The van der Waals surface area contributed by atoms with Gasteiger partial charge >= 0.3 is 0 Å². The van der Waals surface area contributed by atoms with Gasteiger partial charge in [0, 0.05) is 37.4 Å². The van der Waals surface area contributed by atoms with Gasteiger partial charge in [-0.05, 0) is 42.5 Å². The Morgan fingerprint density at radius 3 is 2.65 bits per heavy atom. The Bertz CT molecular complexity index is 1050. The zero-order chi connectivity index (χ0) is 21.0. The summed E-state index contributed by atoms with van der Waals surface area (Å²) in [6.45, 7) is 4.96. The summed E-state index contributed by atoms with van der Waals surface area (Å²) in [6.07, 6.45) is 2.96. The number of aromatic nitrogens is 2.